The molecule has 0 aliphatic carbocycles. The number of sulfonamides is 1. The summed E-state index contributed by atoms with van der Waals surface area (Å²) < 4.78 is 26.6. The molecule has 0 saturated carbocycles. The molecule has 2 aliphatic heterocycles. The Bertz CT molecular complexity index is 1160. The van der Waals surface area contributed by atoms with Gasteiger partial charge in [0, 0.05) is 26.3 Å². The maximum atomic E-state index is 13.4. The van der Waals surface area contributed by atoms with Crippen molar-refractivity contribution in [1.82, 2.24) is 4.31 Å². The first-order chi connectivity index (χ1) is 15.2. The number of rotatable bonds is 5. The Morgan fingerprint density at radius 1 is 1.12 bits per heavy atom. The molecule has 2 aliphatic rings. The summed E-state index contributed by atoms with van der Waals surface area (Å²) in [6, 6.07) is 11.9. The largest absolute Gasteiger partial charge is 0.358 e. The summed E-state index contributed by atoms with van der Waals surface area (Å²) in [5.41, 5.74) is 2.85. The second kappa shape index (κ2) is 8.55. The first-order valence-corrected chi connectivity index (χ1v) is 12.1. The normalized spacial score (nSPS) is 18.4. The fraction of sp³-hybridized carbons (Fsp3) is 0.391. The third-order valence-electron chi connectivity index (χ3n) is 6.10. The zero-order valence-electron chi connectivity index (χ0n) is 18.5. The van der Waals surface area contributed by atoms with E-state index in [-0.39, 0.29) is 29.3 Å². The van der Waals surface area contributed by atoms with Gasteiger partial charge in [0.1, 0.15) is 12.6 Å². The van der Waals surface area contributed by atoms with E-state index >= 15 is 0 Å². The van der Waals surface area contributed by atoms with Gasteiger partial charge in [-0.3, -0.25) is 14.5 Å². The van der Waals surface area contributed by atoms with Gasteiger partial charge in [0.15, 0.2) is 0 Å². The highest BCUT2D eigenvalue weighted by Crippen LogP contribution is 2.40. The van der Waals surface area contributed by atoms with Crippen LogP contribution in [0.3, 0.4) is 0 Å². The monoisotopic (exact) mass is 456 g/mol. The van der Waals surface area contributed by atoms with Crippen molar-refractivity contribution < 1.29 is 18.0 Å². The molecule has 0 radical (unpaired) electrons. The average molecular weight is 457 g/mol. The van der Waals surface area contributed by atoms with Crippen LogP contribution in [0.5, 0.6) is 0 Å². The fourth-order valence-corrected chi connectivity index (χ4v) is 5.24. The Morgan fingerprint density at radius 2 is 1.88 bits per heavy atom. The number of nitrogens with zero attached hydrogens (tertiary/aromatic N) is 3. The van der Waals surface area contributed by atoms with E-state index in [9.17, 15) is 18.0 Å². The molecule has 8 nitrogen and oxygen atoms in total. The lowest BCUT2D eigenvalue weighted by molar-refractivity contribution is -0.123. The number of para-hydroxylation sites is 1. The minimum atomic E-state index is -3.69. The molecule has 32 heavy (non-hydrogen) atoms. The van der Waals surface area contributed by atoms with Crippen LogP contribution in [0.15, 0.2) is 47.4 Å². The third kappa shape index (κ3) is 3.98. The summed E-state index contributed by atoms with van der Waals surface area (Å²) in [4.78, 5) is 29.9. The van der Waals surface area contributed by atoms with Crippen molar-refractivity contribution in [2.24, 2.45) is 0 Å². The first-order valence-electron chi connectivity index (χ1n) is 10.7. The second-order valence-electron chi connectivity index (χ2n) is 8.43. The highest BCUT2D eigenvalue weighted by atomic mass is 32.2. The van der Waals surface area contributed by atoms with Crippen LogP contribution in [-0.4, -0.2) is 57.8 Å². The van der Waals surface area contributed by atoms with E-state index in [0.717, 1.165) is 34.9 Å². The van der Waals surface area contributed by atoms with Gasteiger partial charge in [-0.1, -0.05) is 18.2 Å². The van der Waals surface area contributed by atoms with Gasteiger partial charge in [0.25, 0.3) is 0 Å². The van der Waals surface area contributed by atoms with Gasteiger partial charge in [-0.15, -0.1) is 0 Å². The topological polar surface area (TPSA) is 90.0 Å². The highest BCUT2D eigenvalue weighted by molar-refractivity contribution is 7.89. The van der Waals surface area contributed by atoms with Crippen molar-refractivity contribution in [3.05, 3.63) is 48.0 Å². The number of anilines is 3. The molecule has 9 heteroatoms. The quantitative estimate of drug-likeness (QED) is 0.747. The van der Waals surface area contributed by atoms with Crippen LogP contribution in [0.2, 0.25) is 0 Å². The molecule has 2 aromatic carbocycles. The molecule has 0 aromatic heterocycles. The van der Waals surface area contributed by atoms with Crippen molar-refractivity contribution in [2.45, 2.75) is 37.1 Å². The van der Waals surface area contributed by atoms with Crippen molar-refractivity contribution >= 4 is 38.9 Å². The first kappa shape index (κ1) is 22.3. The van der Waals surface area contributed by atoms with Crippen LogP contribution >= 0.6 is 0 Å². The van der Waals surface area contributed by atoms with Crippen LogP contribution in [-0.2, 0) is 19.6 Å². The molecule has 1 N–H and O–H groups in total. The summed E-state index contributed by atoms with van der Waals surface area (Å²) in [7, 11) is -0.754. The number of carbonyl (C=O) groups excluding carboxylic acids is 2. The molecule has 2 aromatic rings. The van der Waals surface area contributed by atoms with Gasteiger partial charge in [0.05, 0.1) is 16.3 Å². The molecule has 1 saturated heterocycles. The number of hydrogen-bond acceptors (Lipinski definition) is 5. The maximum Gasteiger partial charge on any atom is 0.250 e. The molecule has 2 amide bonds. The molecule has 4 rings (SSSR count). The number of carbonyl (C=O) groups is 2. The Labute approximate surface area is 188 Å². The minimum absolute atomic E-state index is 0.0915. The third-order valence-corrected chi connectivity index (χ3v) is 7.91. The lowest BCUT2D eigenvalue weighted by Gasteiger charge is -2.45. The summed E-state index contributed by atoms with van der Waals surface area (Å²) in [6.45, 7) is 2.44. The fourth-order valence-electron chi connectivity index (χ4n) is 4.32. The van der Waals surface area contributed by atoms with E-state index < -0.39 is 10.0 Å². The van der Waals surface area contributed by atoms with E-state index in [1.54, 1.807) is 12.1 Å². The van der Waals surface area contributed by atoms with Gasteiger partial charge in [-0.2, -0.15) is 0 Å². The van der Waals surface area contributed by atoms with E-state index in [1.807, 2.05) is 36.1 Å². The number of hydrogen-bond donors (Lipinski definition) is 1. The molecular weight excluding hydrogens is 428 g/mol. The number of aryl methyl sites for hydroxylation is 1. The van der Waals surface area contributed by atoms with Crippen molar-refractivity contribution in [3.8, 4) is 0 Å². The lowest BCUT2D eigenvalue weighted by Crippen LogP contribution is -2.56. The van der Waals surface area contributed by atoms with Crippen molar-refractivity contribution in [3.63, 3.8) is 0 Å². The number of nitrogens with one attached hydrogen (secondary N) is 1. The molecule has 1 fully saturated rings. The van der Waals surface area contributed by atoms with Gasteiger partial charge in [-0.25, -0.2) is 12.7 Å². The zero-order valence-corrected chi connectivity index (χ0v) is 19.4. The zero-order chi connectivity index (χ0) is 23.0. The van der Waals surface area contributed by atoms with E-state index in [2.05, 4.69) is 5.32 Å². The van der Waals surface area contributed by atoms with Gasteiger partial charge >= 0.3 is 0 Å². The van der Waals surface area contributed by atoms with Crippen LogP contribution < -0.4 is 15.1 Å². The molecule has 0 unspecified atom stereocenters. The molecule has 1 atom stereocenters. The number of fused-ring (bicyclic) bond motifs is 3. The maximum absolute atomic E-state index is 13.4. The lowest BCUT2D eigenvalue weighted by atomic mass is 9.96. The van der Waals surface area contributed by atoms with Crippen LogP contribution in [0.4, 0.5) is 17.1 Å². The molecular formula is C23H28N4O4S. The predicted molar refractivity (Wildman–Crippen MR) is 124 cm³/mol. The van der Waals surface area contributed by atoms with Crippen LogP contribution in [0.25, 0.3) is 0 Å². The Hall–Kier alpha value is -2.91. The van der Waals surface area contributed by atoms with Crippen molar-refractivity contribution in [2.75, 3.05) is 42.3 Å². The summed E-state index contributed by atoms with van der Waals surface area (Å²) >= 11 is 0. The number of amides is 2. The SMILES string of the molecule is Cc1ccccc1NC(=O)CN1C(=O)[C@H]2CCCCN2c2ccc(S(=O)(=O)N(C)C)cc21. The van der Waals surface area contributed by atoms with E-state index in [0.29, 0.717) is 17.8 Å². The van der Waals surface area contributed by atoms with E-state index in [1.165, 1.54) is 25.1 Å². The Kier molecular flexibility index (Phi) is 5.96. The molecule has 170 valence electrons. The van der Waals surface area contributed by atoms with Crippen LogP contribution in [0.1, 0.15) is 24.8 Å². The predicted octanol–water partition coefficient (Wildman–Crippen LogP) is 2.59. The van der Waals surface area contributed by atoms with Crippen LogP contribution in [0, 0.1) is 6.92 Å². The summed E-state index contributed by atoms with van der Waals surface area (Å²) in [6.07, 6.45) is 2.62. The molecule has 0 bridgehead atoms. The second-order valence-corrected chi connectivity index (χ2v) is 10.6. The molecule has 0 spiro atoms. The Morgan fingerprint density at radius 3 is 2.59 bits per heavy atom. The minimum Gasteiger partial charge on any atom is -0.358 e. The van der Waals surface area contributed by atoms with Gasteiger partial charge < -0.3 is 10.2 Å². The summed E-state index contributed by atoms with van der Waals surface area (Å²) in [5, 5.41) is 2.87. The molecule has 2 heterocycles. The van der Waals surface area contributed by atoms with Gasteiger partial charge in [-0.05, 0) is 56.0 Å². The van der Waals surface area contributed by atoms with Crippen molar-refractivity contribution in [1.29, 1.82) is 0 Å². The van der Waals surface area contributed by atoms with Gasteiger partial charge in [0.2, 0.25) is 21.8 Å². The number of benzene rings is 2. The smallest absolute Gasteiger partial charge is 0.250 e. The average Bonchev–Trinajstić information content (AvgIpc) is 2.77. The highest BCUT2D eigenvalue weighted by Gasteiger charge is 2.40. The number of piperidine rings is 1. The van der Waals surface area contributed by atoms with E-state index in [4.69, 9.17) is 0 Å². The Balaban J connectivity index is 1.72. The summed E-state index contributed by atoms with van der Waals surface area (Å²) in [5.74, 6) is -0.500. The standard InChI is InChI=1S/C23H28N4O4S/c1-16-8-4-5-9-18(16)24-22(28)15-27-21-14-17(32(30,31)25(2)3)11-12-19(21)26-13-7-6-10-20(26)23(27)29/h4-5,8-9,11-12,14,20H,6-7,10,13,15H2,1-3H3,(H,24,28)/t20-/m1/s1.